The number of aromatic nitrogens is 2. The van der Waals surface area contributed by atoms with Crippen LogP contribution in [0.2, 0.25) is 0 Å². The minimum atomic E-state index is -0.563. The Morgan fingerprint density at radius 1 is 1.22 bits per heavy atom. The van der Waals surface area contributed by atoms with Crippen LogP contribution in [0.25, 0.3) is 0 Å². The lowest BCUT2D eigenvalue weighted by molar-refractivity contribution is -0.130. The molecule has 168 valence electrons. The van der Waals surface area contributed by atoms with Gasteiger partial charge in [-0.25, -0.2) is 9.97 Å². The molecule has 1 amide bonds. The fourth-order valence-electron chi connectivity index (χ4n) is 4.67. The van der Waals surface area contributed by atoms with E-state index in [1.54, 1.807) is 19.5 Å². The van der Waals surface area contributed by atoms with E-state index in [0.29, 0.717) is 50.0 Å². The van der Waals surface area contributed by atoms with E-state index in [1.165, 1.54) is 0 Å². The predicted molar refractivity (Wildman–Crippen MR) is 119 cm³/mol. The highest BCUT2D eigenvalue weighted by molar-refractivity contribution is 5.88. The number of nitrogens with zero attached hydrogens (tertiary/aromatic N) is 4. The molecule has 32 heavy (non-hydrogen) atoms. The molecule has 2 saturated heterocycles. The Morgan fingerprint density at radius 3 is 2.56 bits per heavy atom. The van der Waals surface area contributed by atoms with Gasteiger partial charge in [-0.1, -0.05) is 12.1 Å². The van der Waals surface area contributed by atoms with E-state index < -0.39 is 5.41 Å². The Hall–Kier alpha value is -3.18. The number of rotatable bonds is 6. The zero-order valence-corrected chi connectivity index (χ0v) is 18.4. The van der Waals surface area contributed by atoms with Crippen molar-refractivity contribution in [3.63, 3.8) is 0 Å². The number of benzene rings is 1. The van der Waals surface area contributed by atoms with Crippen LogP contribution in [0.1, 0.15) is 36.9 Å². The molecule has 1 aromatic heterocycles. The van der Waals surface area contributed by atoms with Gasteiger partial charge < -0.3 is 19.7 Å². The molecular formula is C24H29N5O3. The van der Waals surface area contributed by atoms with Crippen LogP contribution in [-0.4, -0.2) is 55.8 Å². The van der Waals surface area contributed by atoms with Crippen molar-refractivity contribution >= 4 is 11.7 Å². The quantitative estimate of drug-likeness (QED) is 0.744. The van der Waals surface area contributed by atoms with Crippen molar-refractivity contribution in [2.24, 2.45) is 5.92 Å². The molecule has 0 radical (unpaired) electrons. The smallest absolute Gasteiger partial charge is 0.230 e. The molecule has 0 atom stereocenters. The topological polar surface area (TPSA) is 100 Å². The number of carbonyl (C=O) groups is 1. The van der Waals surface area contributed by atoms with Crippen molar-refractivity contribution in [3.8, 4) is 11.8 Å². The number of nitriles is 1. The van der Waals surface area contributed by atoms with Gasteiger partial charge in [-0.05, 0) is 49.3 Å². The van der Waals surface area contributed by atoms with Gasteiger partial charge in [0.05, 0.1) is 12.5 Å². The van der Waals surface area contributed by atoms with E-state index in [4.69, 9.17) is 9.47 Å². The number of nitrogens with one attached hydrogen (secondary N) is 1. The number of amides is 1. The van der Waals surface area contributed by atoms with Crippen LogP contribution >= 0.6 is 0 Å². The molecule has 2 aliphatic heterocycles. The predicted octanol–water partition coefficient (Wildman–Crippen LogP) is 2.44. The summed E-state index contributed by atoms with van der Waals surface area (Å²) >= 11 is 0. The van der Waals surface area contributed by atoms with Gasteiger partial charge in [0.1, 0.15) is 11.8 Å². The lowest BCUT2D eigenvalue weighted by atomic mass is 9.73. The molecule has 1 aromatic carbocycles. The van der Waals surface area contributed by atoms with Crippen LogP contribution in [-0.2, 0) is 14.9 Å². The van der Waals surface area contributed by atoms with E-state index in [2.05, 4.69) is 26.3 Å². The van der Waals surface area contributed by atoms with Gasteiger partial charge in [-0.2, -0.15) is 5.26 Å². The molecule has 1 N–H and O–H groups in total. The van der Waals surface area contributed by atoms with Gasteiger partial charge in [-0.15, -0.1) is 0 Å². The van der Waals surface area contributed by atoms with E-state index in [9.17, 15) is 10.1 Å². The first kappa shape index (κ1) is 22.0. The number of carbonyl (C=O) groups excluding carboxylic acids is 1. The summed E-state index contributed by atoms with van der Waals surface area (Å²) in [6.07, 6.45) is 6.37. The fourth-order valence-corrected chi connectivity index (χ4v) is 4.67. The second-order valence-electron chi connectivity index (χ2n) is 8.40. The lowest BCUT2D eigenvalue weighted by Gasteiger charge is -2.37. The second-order valence-corrected chi connectivity index (χ2v) is 8.40. The monoisotopic (exact) mass is 435 g/mol. The van der Waals surface area contributed by atoms with Crippen LogP contribution in [0.5, 0.6) is 5.75 Å². The van der Waals surface area contributed by atoms with Crippen LogP contribution < -0.4 is 15.0 Å². The molecule has 3 heterocycles. The Balaban J connectivity index is 1.37. The summed E-state index contributed by atoms with van der Waals surface area (Å²) in [7, 11) is 1.64. The summed E-state index contributed by atoms with van der Waals surface area (Å²) in [5.41, 5.74) is 0.813. The highest BCUT2D eigenvalue weighted by Crippen LogP contribution is 2.36. The molecular weight excluding hydrogens is 406 g/mol. The molecule has 4 rings (SSSR count). The van der Waals surface area contributed by atoms with Crippen molar-refractivity contribution < 1.29 is 14.3 Å². The Morgan fingerprint density at radius 2 is 1.91 bits per heavy atom. The summed E-state index contributed by atoms with van der Waals surface area (Å²) in [6.45, 7) is 3.40. The summed E-state index contributed by atoms with van der Waals surface area (Å²) in [4.78, 5) is 24.0. The molecule has 0 spiro atoms. The molecule has 0 aliphatic carbocycles. The van der Waals surface area contributed by atoms with E-state index in [-0.39, 0.29) is 5.91 Å². The first-order valence-corrected chi connectivity index (χ1v) is 11.1. The third-order valence-corrected chi connectivity index (χ3v) is 6.67. The maximum atomic E-state index is 13.4. The number of ether oxygens (including phenoxy) is 2. The third kappa shape index (κ3) is 4.53. The normalized spacial score (nSPS) is 18.6. The van der Waals surface area contributed by atoms with Gasteiger partial charge in [-0.3, -0.25) is 4.79 Å². The van der Waals surface area contributed by atoms with Gasteiger partial charge >= 0.3 is 0 Å². The molecule has 0 bridgehead atoms. The SMILES string of the molecule is COc1ccc(C2(C(=O)NCC3CCN(c4nccnc4C#N)CC3)CCOCC2)cc1. The van der Waals surface area contributed by atoms with E-state index in [1.807, 2.05) is 24.3 Å². The molecule has 0 saturated carbocycles. The van der Waals surface area contributed by atoms with Gasteiger partial charge in [0.2, 0.25) is 5.91 Å². The minimum absolute atomic E-state index is 0.0779. The maximum absolute atomic E-state index is 13.4. The van der Waals surface area contributed by atoms with Crippen molar-refractivity contribution in [2.45, 2.75) is 31.1 Å². The Bertz CT molecular complexity index is 958. The average molecular weight is 436 g/mol. The van der Waals surface area contributed by atoms with E-state index in [0.717, 1.165) is 37.2 Å². The average Bonchev–Trinajstić information content (AvgIpc) is 2.88. The number of hydrogen-bond donors (Lipinski definition) is 1. The van der Waals surface area contributed by atoms with Crippen LogP contribution in [0, 0.1) is 17.2 Å². The van der Waals surface area contributed by atoms with Crippen LogP contribution in [0.15, 0.2) is 36.7 Å². The molecule has 2 fully saturated rings. The molecule has 8 heteroatoms. The van der Waals surface area contributed by atoms with Crippen molar-refractivity contribution in [1.29, 1.82) is 5.26 Å². The van der Waals surface area contributed by atoms with Crippen molar-refractivity contribution in [3.05, 3.63) is 47.9 Å². The first-order chi connectivity index (χ1) is 15.7. The zero-order chi connectivity index (χ0) is 22.4. The summed E-state index contributed by atoms with van der Waals surface area (Å²) < 4.78 is 10.8. The molecule has 8 nitrogen and oxygen atoms in total. The number of hydrogen-bond acceptors (Lipinski definition) is 7. The lowest BCUT2D eigenvalue weighted by Crippen LogP contribution is -2.49. The van der Waals surface area contributed by atoms with Crippen molar-refractivity contribution in [1.82, 2.24) is 15.3 Å². The summed E-state index contributed by atoms with van der Waals surface area (Å²) in [5.74, 6) is 1.91. The molecule has 2 aliphatic rings. The maximum Gasteiger partial charge on any atom is 0.230 e. The number of piperidine rings is 1. The van der Waals surface area contributed by atoms with Crippen LogP contribution in [0.3, 0.4) is 0 Å². The minimum Gasteiger partial charge on any atom is -0.497 e. The highest BCUT2D eigenvalue weighted by Gasteiger charge is 2.41. The van der Waals surface area contributed by atoms with Crippen molar-refractivity contribution in [2.75, 3.05) is 44.9 Å². The molecule has 2 aromatic rings. The fraction of sp³-hybridized carbons (Fsp3) is 0.500. The zero-order valence-electron chi connectivity index (χ0n) is 18.4. The van der Waals surface area contributed by atoms with Gasteiger partial charge in [0.25, 0.3) is 0 Å². The second kappa shape index (κ2) is 9.96. The Kier molecular flexibility index (Phi) is 6.86. The number of methoxy groups -OCH3 is 1. The summed E-state index contributed by atoms with van der Waals surface area (Å²) in [5, 5.41) is 12.5. The largest absolute Gasteiger partial charge is 0.497 e. The van der Waals surface area contributed by atoms with E-state index >= 15 is 0 Å². The van der Waals surface area contributed by atoms with Crippen LogP contribution in [0.4, 0.5) is 5.82 Å². The first-order valence-electron chi connectivity index (χ1n) is 11.1. The Labute approximate surface area is 188 Å². The number of anilines is 1. The van der Waals surface area contributed by atoms with Gasteiger partial charge in [0, 0.05) is 45.2 Å². The standard InChI is InChI=1S/C24H29N5O3/c1-31-20-4-2-19(3-5-20)24(8-14-32-15-9-24)23(30)28-17-18-6-12-29(13-7-18)22-21(16-25)26-10-11-27-22/h2-5,10-11,18H,6-9,12-15,17H2,1H3,(H,28,30). The molecule has 0 unspecified atom stereocenters. The third-order valence-electron chi connectivity index (χ3n) is 6.67. The summed E-state index contributed by atoms with van der Waals surface area (Å²) in [6, 6.07) is 9.94. The van der Waals surface area contributed by atoms with Gasteiger partial charge in [0.15, 0.2) is 11.5 Å². The highest BCUT2D eigenvalue weighted by atomic mass is 16.5.